The van der Waals surface area contributed by atoms with Gasteiger partial charge >= 0.3 is 18.1 Å². The number of pyridine rings is 1. The van der Waals surface area contributed by atoms with Gasteiger partial charge in [-0.3, -0.25) is 4.98 Å². The lowest BCUT2D eigenvalue weighted by Crippen LogP contribution is -2.21. The Morgan fingerprint density at radius 3 is 1.87 bits per heavy atom. The van der Waals surface area contributed by atoms with Gasteiger partial charge in [0.25, 0.3) is 0 Å². The van der Waals surface area contributed by atoms with Crippen LogP contribution < -0.4 is 0 Å². The molecule has 0 fully saturated rings. The van der Waals surface area contributed by atoms with Crippen molar-refractivity contribution < 1.29 is 33.0 Å². The first-order valence-electron chi connectivity index (χ1n) is 5.90. The van der Waals surface area contributed by atoms with Gasteiger partial charge in [-0.15, -0.1) is 12.6 Å². The first kappa shape index (κ1) is 18.5. The Morgan fingerprint density at radius 2 is 1.52 bits per heavy atom. The third-order valence-corrected chi connectivity index (χ3v) is 2.71. The van der Waals surface area contributed by atoms with Crippen molar-refractivity contribution in [3.05, 3.63) is 48.2 Å². The van der Waals surface area contributed by atoms with Gasteiger partial charge in [0.1, 0.15) is 0 Å². The Balaban J connectivity index is 0.000000322. The minimum Gasteiger partial charge on any atom is -0.478 e. The molecule has 9 heteroatoms. The highest BCUT2D eigenvalue weighted by atomic mass is 32.1. The topological polar surface area (TPSA) is 87.5 Å². The molecule has 1 aromatic carbocycles. The maximum atomic E-state index is 10.6. The molecule has 2 rings (SSSR count). The summed E-state index contributed by atoms with van der Waals surface area (Å²) in [7, 11) is 0. The smallest absolute Gasteiger partial charge is 0.478 e. The van der Waals surface area contributed by atoms with Crippen molar-refractivity contribution in [3.63, 3.8) is 0 Å². The SMILES string of the molecule is O=C(O)C(F)(F)F.O=C(O)c1ccc(-c2ccc(S)cc2)nc1. The summed E-state index contributed by atoms with van der Waals surface area (Å²) in [4.78, 5) is 24.5. The van der Waals surface area contributed by atoms with Gasteiger partial charge < -0.3 is 10.2 Å². The molecule has 0 bridgehead atoms. The van der Waals surface area contributed by atoms with E-state index in [1.807, 2.05) is 24.3 Å². The Hall–Kier alpha value is -2.55. The van der Waals surface area contributed by atoms with E-state index in [0.29, 0.717) is 0 Å². The molecule has 5 nitrogen and oxygen atoms in total. The molecule has 0 unspecified atom stereocenters. The van der Waals surface area contributed by atoms with E-state index in [9.17, 15) is 18.0 Å². The number of carboxylic acids is 2. The van der Waals surface area contributed by atoms with Gasteiger partial charge in [-0.2, -0.15) is 13.2 Å². The second-order valence-electron chi connectivity index (χ2n) is 4.09. The number of aliphatic carboxylic acids is 1. The summed E-state index contributed by atoms with van der Waals surface area (Å²) in [5.74, 6) is -3.72. The lowest BCUT2D eigenvalue weighted by molar-refractivity contribution is -0.192. The van der Waals surface area contributed by atoms with E-state index in [2.05, 4.69) is 17.6 Å². The first-order chi connectivity index (χ1) is 10.6. The first-order valence-corrected chi connectivity index (χ1v) is 6.35. The van der Waals surface area contributed by atoms with Crippen LogP contribution in [0.25, 0.3) is 11.3 Å². The zero-order valence-corrected chi connectivity index (χ0v) is 12.2. The molecule has 1 heterocycles. The summed E-state index contributed by atoms with van der Waals surface area (Å²) in [6.07, 6.45) is -3.73. The van der Waals surface area contributed by atoms with Crippen molar-refractivity contribution in [2.24, 2.45) is 0 Å². The third kappa shape index (κ3) is 5.99. The predicted molar refractivity (Wildman–Crippen MR) is 77.6 cm³/mol. The molecule has 2 aromatic rings. The van der Waals surface area contributed by atoms with Crippen LogP contribution in [0.3, 0.4) is 0 Å². The molecule has 0 atom stereocenters. The number of benzene rings is 1. The highest BCUT2D eigenvalue weighted by molar-refractivity contribution is 7.80. The van der Waals surface area contributed by atoms with Crippen LogP contribution in [0.15, 0.2) is 47.5 Å². The summed E-state index contributed by atoms with van der Waals surface area (Å²) in [6, 6.07) is 10.8. The zero-order chi connectivity index (χ0) is 17.6. The average molecular weight is 345 g/mol. The fourth-order valence-electron chi connectivity index (χ4n) is 1.32. The van der Waals surface area contributed by atoms with E-state index in [1.165, 1.54) is 6.20 Å². The number of halogens is 3. The van der Waals surface area contributed by atoms with Crippen LogP contribution >= 0.6 is 12.6 Å². The number of thiol groups is 1. The van der Waals surface area contributed by atoms with E-state index in [1.54, 1.807) is 12.1 Å². The molecule has 0 radical (unpaired) electrons. The average Bonchev–Trinajstić information content (AvgIpc) is 2.48. The van der Waals surface area contributed by atoms with Gasteiger partial charge in [0.2, 0.25) is 0 Å². The quantitative estimate of drug-likeness (QED) is 0.727. The summed E-state index contributed by atoms with van der Waals surface area (Å²) in [6.45, 7) is 0. The predicted octanol–water partition coefficient (Wildman–Crippen LogP) is 3.37. The Bertz CT molecular complexity index is 685. The molecular weight excluding hydrogens is 335 g/mol. The molecule has 0 aliphatic heterocycles. The molecule has 2 N–H and O–H groups in total. The van der Waals surface area contributed by atoms with Crippen molar-refractivity contribution in [1.29, 1.82) is 0 Å². The Labute approximate surface area is 133 Å². The number of carboxylic acid groups (broad SMARTS) is 2. The van der Waals surface area contributed by atoms with E-state index in [0.717, 1.165) is 16.2 Å². The number of rotatable bonds is 2. The van der Waals surface area contributed by atoms with E-state index < -0.39 is 18.1 Å². The molecule has 0 spiro atoms. The molecule has 23 heavy (non-hydrogen) atoms. The summed E-state index contributed by atoms with van der Waals surface area (Å²) >= 11 is 4.19. The third-order valence-electron chi connectivity index (χ3n) is 2.42. The molecule has 0 amide bonds. The Morgan fingerprint density at radius 1 is 1.00 bits per heavy atom. The van der Waals surface area contributed by atoms with E-state index in [-0.39, 0.29) is 5.56 Å². The number of alkyl halides is 3. The van der Waals surface area contributed by atoms with Crippen LogP contribution in [0, 0.1) is 0 Å². The van der Waals surface area contributed by atoms with Crippen LogP contribution in [0.4, 0.5) is 13.2 Å². The molecule has 0 saturated heterocycles. The number of aromatic carboxylic acids is 1. The number of aromatic nitrogens is 1. The van der Waals surface area contributed by atoms with Crippen LogP contribution in [0.2, 0.25) is 0 Å². The van der Waals surface area contributed by atoms with Gasteiger partial charge in [0.15, 0.2) is 0 Å². The number of hydrogen-bond acceptors (Lipinski definition) is 4. The van der Waals surface area contributed by atoms with Crippen molar-refractivity contribution in [1.82, 2.24) is 4.98 Å². The Kier molecular flexibility index (Phi) is 6.14. The van der Waals surface area contributed by atoms with Crippen LogP contribution in [-0.4, -0.2) is 33.3 Å². The van der Waals surface area contributed by atoms with Crippen molar-refractivity contribution >= 4 is 24.6 Å². The second-order valence-corrected chi connectivity index (χ2v) is 4.60. The van der Waals surface area contributed by atoms with Crippen molar-refractivity contribution in [2.75, 3.05) is 0 Å². The highest BCUT2D eigenvalue weighted by Gasteiger charge is 2.38. The summed E-state index contributed by atoms with van der Waals surface area (Å²) < 4.78 is 31.7. The number of hydrogen-bond donors (Lipinski definition) is 3. The normalized spacial score (nSPS) is 10.4. The van der Waals surface area contributed by atoms with Crippen LogP contribution in [-0.2, 0) is 4.79 Å². The molecule has 122 valence electrons. The van der Waals surface area contributed by atoms with Gasteiger partial charge in [0, 0.05) is 16.7 Å². The molecule has 1 aromatic heterocycles. The number of nitrogens with zero attached hydrogens (tertiary/aromatic N) is 1. The van der Waals surface area contributed by atoms with E-state index >= 15 is 0 Å². The standard InChI is InChI=1S/C12H9NO2S.C2HF3O2/c14-12(15)9-3-6-11(13-7-9)8-1-4-10(16)5-2-8;3-2(4,5)1(6)7/h1-7,16H,(H,14,15);(H,6,7). The van der Waals surface area contributed by atoms with Crippen molar-refractivity contribution in [2.45, 2.75) is 11.1 Å². The minimum atomic E-state index is -5.08. The monoisotopic (exact) mass is 345 g/mol. The maximum absolute atomic E-state index is 10.6. The lowest BCUT2D eigenvalue weighted by atomic mass is 10.1. The summed E-state index contributed by atoms with van der Waals surface area (Å²) in [5.41, 5.74) is 1.88. The van der Waals surface area contributed by atoms with Crippen LogP contribution in [0.5, 0.6) is 0 Å². The van der Waals surface area contributed by atoms with Crippen LogP contribution in [0.1, 0.15) is 10.4 Å². The molecule has 0 saturated carbocycles. The van der Waals surface area contributed by atoms with Crippen molar-refractivity contribution in [3.8, 4) is 11.3 Å². The fraction of sp³-hybridized carbons (Fsp3) is 0.0714. The summed E-state index contributed by atoms with van der Waals surface area (Å²) in [5, 5.41) is 15.9. The zero-order valence-electron chi connectivity index (χ0n) is 11.3. The number of carbonyl (C=O) groups is 2. The molecule has 0 aliphatic carbocycles. The second kappa shape index (κ2) is 7.63. The maximum Gasteiger partial charge on any atom is 0.490 e. The largest absolute Gasteiger partial charge is 0.490 e. The lowest BCUT2D eigenvalue weighted by Gasteiger charge is -2.01. The fourth-order valence-corrected chi connectivity index (χ4v) is 1.47. The van der Waals surface area contributed by atoms with Gasteiger partial charge in [0.05, 0.1) is 11.3 Å². The van der Waals surface area contributed by atoms with Gasteiger partial charge in [-0.1, -0.05) is 12.1 Å². The molecule has 0 aliphatic rings. The van der Waals surface area contributed by atoms with E-state index in [4.69, 9.17) is 15.0 Å². The van der Waals surface area contributed by atoms with Gasteiger partial charge in [-0.25, -0.2) is 9.59 Å². The molecular formula is C14H10F3NO4S. The van der Waals surface area contributed by atoms with Gasteiger partial charge in [-0.05, 0) is 24.3 Å². The highest BCUT2D eigenvalue weighted by Crippen LogP contribution is 2.18. The minimum absolute atomic E-state index is 0.189.